The molecule has 1 amide bonds. The molecule has 0 fully saturated rings. The molecule has 0 radical (unpaired) electrons. The smallest absolute Gasteiger partial charge is 0.290 e. The molecule has 8 heteroatoms. The fourth-order valence-electron chi connectivity index (χ4n) is 1.48. The average Bonchev–Trinajstić information content (AvgIpc) is 2.70. The van der Waals surface area contributed by atoms with E-state index < -0.39 is 10.8 Å². The summed E-state index contributed by atoms with van der Waals surface area (Å²) >= 11 is 1.11. The highest BCUT2D eigenvalue weighted by Gasteiger charge is 2.17. The van der Waals surface area contributed by atoms with Gasteiger partial charge < -0.3 is 11.5 Å². The quantitative estimate of drug-likeness (QED) is 0.365. The molecule has 0 unspecified atom stereocenters. The molecule has 0 spiro atoms. The van der Waals surface area contributed by atoms with Crippen LogP contribution in [0.2, 0.25) is 0 Å². The van der Waals surface area contributed by atoms with Gasteiger partial charge in [-0.1, -0.05) is 6.07 Å². The number of hydrogen-bond donors (Lipinski definition) is 2. The van der Waals surface area contributed by atoms with Crippen molar-refractivity contribution in [2.45, 2.75) is 0 Å². The number of guanidine groups is 1. The third-order valence-corrected chi connectivity index (χ3v) is 3.26. The summed E-state index contributed by atoms with van der Waals surface area (Å²) in [5.41, 5.74) is 10.2. The first-order valence-electron chi connectivity index (χ1n) is 4.80. The van der Waals surface area contributed by atoms with E-state index in [0.717, 1.165) is 11.3 Å². The molecule has 0 aliphatic heterocycles. The van der Waals surface area contributed by atoms with Crippen LogP contribution in [0.4, 0.5) is 5.69 Å². The Balaban J connectivity index is 2.57. The number of nitro benzene ring substituents is 1. The van der Waals surface area contributed by atoms with Crippen LogP contribution < -0.4 is 11.5 Å². The Bertz CT molecular complexity index is 673. The van der Waals surface area contributed by atoms with Crippen LogP contribution in [0, 0.1) is 10.1 Å². The zero-order chi connectivity index (χ0) is 13.3. The molecule has 0 aliphatic rings. The number of non-ortho nitro benzene ring substituents is 1. The molecule has 1 aromatic carbocycles. The van der Waals surface area contributed by atoms with E-state index in [1.165, 1.54) is 12.1 Å². The number of nitrogens with two attached hydrogens (primary N) is 2. The second-order valence-corrected chi connectivity index (χ2v) is 4.48. The molecule has 0 bridgehead atoms. The molecule has 4 N–H and O–H groups in total. The van der Waals surface area contributed by atoms with E-state index in [2.05, 4.69) is 4.99 Å². The van der Waals surface area contributed by atoms with Crippen molar-refractivity contribution in [3.63, 3.8) is 0 Å². The van der Waals surface area contributed by atoms with E-state index >= 15 is 0 Å². The van der Waals surface area contributed by atoms with Gasteiger partial charge in [-0.25, -0.2) is 0 Å². The van der Waals surface area contributed by atoms with E-state index in [4.69, 9.17) is 11.5 Å². The van der Waals surface area contributed by atoms with Gasteiger partial charge in [-0.3, -0.25) is 14.9 Å². The average molecular weight is 264 g/mol. The van der Waals surface area contributed by atoms with Crippen LogP contribution in [0.15, 0.2) is 29.3 Å². The predicted molar refractivity (Wildman–Crippen MR) is 68.6 cm³/mol. The van der Waals surface area contributed by atoms with E-state index in [9.17, 15) is 14.9 Å². The van der Waals surface area contributed by atoms with Gasteiger partial charge >= 0.3 is 0 Å². The maximum Gasteiger partial charge on any atom is 0.290 e. The number of hydrogen-bond acceptors (Lipinski definition) is 4. The molecule has 18 heavy (non-hydrogen) atoms. The Morgan fingerprint density at radius 2 is 2.11 bits per heavy atom. The highest BCUT2D eigenvalue weighted by atomic mass is 32.1. The fraction of sp³-hybridized carbons (Fsp3) is 0. The molecule has 0 aliphatic carbocycles. The van der Waals surface area contributed by atoms with Gasteiger partial charge in [0.05, 0.1) is 15.2 Å². The molecule has 0 atom stereocenters. The monoisotopic (exact) mass is 264 g/mol. The van der Waals surface area contributed by atoms with Crippen molar-refractivity contribution in [3.8, 4) is 0 Å². The molecule has 92 valence electrons. The van der Waals surface area contributed by atoms with Crippen LogP contribution in [-0.2, 0) is 0 Å². The summed E-state index contributed by atoms with van der Waals surface area (Å²) in [4.78, 5) is 25.6. The topological polar surface area (TPSA) is 125 Å². The number of nitro groups is 1. The summed E-state index contributed by atoms with van der Waals surface area (Å²) < 4.78 is 0.637. The molecule has 2 rings (SSSR count). The molecule has 0 saturated carbocycles. The van der Waals surface area contributed by atoms with Crippen LogP contribution in [0.3, 0.4) is 0 Å². The third-order valence-electron chi connectivity index (χ3n) is 2.18. The van der Waals surface area contributed by atoms with Gasteiger partial charge in [0.1, 0.15) is 0 Å². The third kappa shape index (κ3) is 2.13. The van der Waals surface area contributed by atoms with Crippen molar-refractivity contribution in [3.05, 3.63) is 39.3 Å². The Morgan fingerprint density at radius 3 is 2.72 bits per heavy atom. The van der Waals surface area contributed by atoms with E-state index in [1.54, 1.807) is 12.1 Å². The van der Waals surface area contributed by atoms with Crippen molar-refractivity contribution in [1.29, 1.82) is 0 Å². The molecular weight excluding hydrogens is 256 g/mol. The van der Waals surface area contributed by atoms with Gasteiger partial charge in [0, 0.05) is 10.8 Å². The highest BCUT2D eigenvalue weighted by molar-refractivity contribution is 7.20. The van der Waals surface area contributed by atoms with E-state index in [1.807, 2.05) is 0 Å². The Hall–Kier alpha value is -2.48. The standard InChI is InChI=1S/C10H8N4O3S/c11-10(12)13-9(15)8-4-5-6(14(16)17)2-1-3-7(5)18-8/h1-4H,(H4,11,12,13,15). The number of rotatable bonds is 2. The minimum atomic E-state index is -0.606. The van der Waals surface area contributed by atoms with Crippen molar-refractivity contribution in [1.82, 2.24) is 0 Å². The summed E-state index contributed by atoms with van der Waals surface area (Å²) in [7, 11) is 0. The minimum absolute atomic E-state index is 0.0486. The second-order valence-electron chi connectivity index (χ2n) is 3.40. The Morgan fingerprint density at radius 1 is 1.39 bits per heavy atom. The van der Waals surface area contributed by atoms with Gasteiger partial charge in [-0.05, 0) is 12.1 Å². The maximum absolute atomic E-state index is 11.6. The fourth-order valence-corrected chi connectivity index (χ4v) is 2.45. The lowest BCUT2D eigenvalue weighted by molar-refractivity contribution is -0.383. The number of benzene rings is 1. The molecule has 1 aromatic heterocycles. The SMILES string of the molecule is NC(N)=NC(=O)c1cc2c([N+](=O)[O-])cccc2s1. The van der Waals surface area contributed by atoms with Crippen molar-refractivity contribution < 1.29 is 9.72 Å². The Labute approximate surface area is 105 Å². The lowest BCUT2D eigenvalue weighted by Crippen LogP contribution is -2.24. The molecule has 1 heterocycles. The lowest BCUT2D eigenvalue weighted by Gasteiger charge is -1.91. The zero-order valence-corrected chi connectivity index (χ0v) is 9.81. The van der Waals surface area contributed by atoms with Crippen LogP contribution >= 0.6 is 11.3 Å². The number of carbonyl (C=O) groups is 1. The number of carbonyl (C=O) groups excluding carboxylic acids is 1. The van der Waals surface area contributed by atoms with Gasteiger partial charge in [-0.15, -0.1) is 11.3 Å². The van der Waals surface area contributed by atoms with Crippen molar-refractivity contribution in [2.75, 3.05) is 0 Å². The maximum atomic E-state index is 11.6. The van der Waals surface area contributed by atoms with Gasteiger partial charge in [0.25, 0.3) is 11.6 Å². The van der Waals surface area contributed by atoms with Gasteiger partial charge in [0.15, 0.2) is 5.96 Å². The summed E-state index contributed by atoms with van der Waals surface area (Å²) in [5, 5.41) is 11.2. The second kappa shape index (κ2) is 4.41. The van der Waals surface area contributed by atoms with E-state index in [-0.39, 0.29) is 16.5 Å². The number of thiophene rings is 1. The first-order valence-corrected chi connectivity index (χ1v) is 5.61. The molecule has 7 nitrogen and oxygen atoms in total. The van der Waals surface area contributed by atoms with Gasteiger partial charge in [-0.2, -0.15) is 4.99 Å². The van der Waals surface area contributed by atoms with Gasteiger partial charge in [0.2, 0.25) is 0 Å². The molecule has 2 aromatic rings. The zero-order valence-electron chi connectivity index (χ0n) is 8.99. The van der Waals surface area contributed by atoms with Crippen molar-refractivity contribution >= 4 is 39.0 Å². The molecular formula is C10H8N4O3S. The Kier molecular flexibility index (Phi) is 2.94. The lowest BCUT2D eigenvalue weighted by atomic mass is 10.2. The predicted octanol–water partition coefficient (Wildman–Crippen LogP) is 1.22. The molecule has 0 saturated heterocycles. The summed E-state index contributed by atoms with van der Waals surface area (Å²) in [6.07, 6.45) is 0. The first kappa shape index (κ1) is 12.0. The van der Waals surface area contributed by atoms with Crippen LogP contribution in [0.1, 0.15) is 9.67 Å². The van der Waals surface area contributed by atoms with Crippen LogP contribution in [-0.4, -0.2) is 16.8 Å². The highest BCUT2D eigenvalue weighted by Crippen LogP contribution is 2.32. The summed E-state index contributed by atoms with van der Waals surface area (Å²) in [6.45, 7) is 0. The number of amides is 1. The van der Waals surface area contributed by atoms with Crippen LogP contribution in [0.5, 0.6) is 0 Å². The van der Waals surface area contributed by atoms with E-state index in [0.29, 0.717) is 10.1 Å². The van der Waals surface area contributed by atoms with Crippen molar-refractivity contribution in [2.24, 2.45) is 16.5 Å². The number of nitrogens with zero attached hydrogens (tertiary/aromatic N) is 2. The number of aliphatic imine (C=N–C) groups is 1. The minimum Gasteiger partial charge on any atom is -0.370 e. The largest absolute Gasteiger partial charge is 0.370 e. The number of fused-ring (bicyclic) bond motifs is 1. The summed E-state index contributed by atoms with van der Waals surface area (Å²) in [5.74, 6) is -0.947. The normalized spacial score (nSPS) is 10.2. The first-order chi connectivity index (χ1) is 8.49. The summed E-state index contributed by atoms with van der Waals surface area (Å²) in [6, 6.07) is 6.06. The van der Waals surface area contributed by atoms with Crippen LogP contribution in [0.25, 0.3) is 10.1 Å².